The first kappa shape index (κ1) is 28.8. The van der Waals surface area contributed by atoms with Crippen molar-refractivity contribution in [2.24, 2.45) is 0 Å². The van der Waals surface area contributed by atoms with Crippen LogP contribution in [0.5, 0.6) is 0 Å². The monoisotopic (exact) mass is 626 g/mol. The van der Waals surface area contributed by atoms with Gasteiger partial charge in [0.15, 0.2) is 0 Å². The molecule has 0 spiro atoms. The van der Waals surface area contributed by atoms with E-state index >= 15 is 0 Å². The summed E-state index contributed by atoms with van der Waals surface area (Å²) < 4.78 is 7.25. The molecule has 1 atom stereocenters. The van der Waals surface area contributed by atoms with Crippen molar-refractivity contribution in [2.75, 3.05) is 0 Å². The van der Waals surface area contributed by atoms with E-state index in [4.69, 9.17) is 4.42 Å². The molecule has 4 nitrogen and oxygen atoms in total. The first-order chi connectivity index (χ1) is 23.1. The third kappa shape index (κ3) is 5.04. The van der Waals surface area contributed by atoms with E-state index in [0.717, 1.165) is 87.8 Å². The maximum absolute atomic E-state index is 10.9. The number of benzene rings is 4. The topological polar surface area (TPSA) is 59.2 Å². The summed E-state index contributed by atoms with van der Waals surface area (Å²) in [6.07, 6.45) is 5.01. The van der Waals surface area contributed by atoms with Gasteiger partial charge in [0.25, 0.3) is 0 Å². The van der Waals surface area contributed by atoms with Gasteiger partial charge in [0, 0.05) is 50.4 Å². The molecular weight excluding hydrogens is 595 g/mol. The van der Waals surface area contributed by atoms with Gasteiger partial charge in [0.05, 0.1) is 11.6 Å². The molecule has 6 aromatic rings. The predicted octanol–water partition coefficient (Wildman–Crippen LogP) is 11.2. The lowest BCUT2D eigenvalue weighted by Crippen LogP contribution is -2.01. The van der Waals surface area contributed by atoms with E-state index in [0.29, 0.717) is 0 Å². The van der Waals surface area contributed by atoms with Crippen molar-refractivity contribution in [3.63, 3.8) is 0 Å². The van der Waals surface area contributed by atoms with Gasteiger partial charge in [0.2, 0.25) is 0 Å². The molecule has 0 amide bonds. The average molecular weight is 627 g/mol. The van der Waals surface area contributed by atoms with Crippen LogP contribution in [0.3, 0.4) is 0 Å². The van der Waals surface area contributed by atoms with Gasteiger partial charge in [-0.15, -0.1) is 0 Å². The highest BCUT2D eigenvalue weighted by Gasteiger charge is 2.25. The van der Waals surface area contributed by atoms with Crippen molar-refractivity contribution in [3.05, 3.63) is 156 Å². The number of pyridine rings is 2. The summed E-state index contributed by atoms with van der Waals surface area (Å²) in [5, 5.41) is 14.2. The van der Waals surface area contributed by atoms with Crippen LogP contribution in [0.25, 0.3) is 77.7 Å². The van der Waals surface area contributed by atoms with Crippen molar-refractivity contribution in [2.45, 2.75) is 13.8 Å². The van der Waals surface area contributed by atoms with Crippen molar-refractivity contribution < 1.29 is 9.52 Å². The van der Waals surface area contributed by atoms with Gasteiger partial charge < -0.3 is 9.52 Å². The van der Waals surface area contributed by atoms with Gasteiger partial charge in [-0.2, -0.15) is 0 Å². The summed E-state index contributed by atoms with van der Waals surface area (Å²) in [4.78, 5) is 9.90. The second-order valence-electron chi connectivity index (χ2n) is 11.7. The second-order valence-corrected chi connectivity index (χ2v) is 13.8. The van der Waals surface area contributed by atoms with Crippen molar-refractivity contribution in [1.29, 1.82) is 0 Å². The molecule has 2 aromatic heterocycles. The first-order valence-corrected chi connectivity index (χ1v) is 17.0. The van der Waals surface area contributed by atoms with Crippen LogP contribution in [0.4, 0.5) is 0 Å². The minimum absolute atomic E-state index is 0.804. The zero-order chi connectivity index (χ0) is 31.9. The Bertz CT molecular complexity index is 2500. The number of aryl methyl sites for hydroxylation is 2. The zero-order valence-corrected chi connectivity index (χ0v) is 26.9. The van der Waals surface area contributed by atoms with E-state index in [1.807, 2.05) is 44.4 Å². The Morgan fingerprint density at radius 2 is 1.15 bits per heavy atom. The Morgan fingerprint density at radius 1 is 0.553 bits per heavy atom. The molecule has 0 aliphatic carbocycles. The molecule has 1 N–H and O–H groups in total. The van der Waals surface area contributed by atoms with Crippen LogP contribution >= 0.6 is 7.53 Å². The molecular formula is C42H31N2O2P. The molecule has 8 rings (SSSR count). The number of aliphatic hydroxyl groups excluding tert-OH is 1. The van der Waals surface area contributed by atoms with E-state index in [1.165, 1.54) is 6.26 Å². The molecule has 0 saturated heterocycles. The Hall–Kier alpha value is -5.70. The SMILES string of the molecule is Cc1cc(-c2cc(-c3ccnc(C)c3)c3c(-c4ccccc4)ccc/c(=C/O)p4c5cccc(-c6ccccc6)c5oc2c3-4)ccn1. The Kier molecular flexibility index (Phi) is 7.28. The highest BCUT2D eigenvalue weighted by atomic mass is 31.1. The molecule has 226 valence electrons. The molecule has 2 aliphatic heterocycles. The molecule has 4 aromatic carbocycles. The molecule has 0 bridgehead atoms. The third-order valence-electron chi connectivity index (χ3n) is 8.69. The quantitative estimate of drug-likeness (QED) is 0.198. The third-order valence-corrected chi connectivity index (χ3v) is 11.2. The predicted molar refractivity (Wildman–Crippen MR) is 196 cm³/mol. The standard InChI is InChI=1S/C42H31N2O2P/c1-27-23-31(19-21-43-27)36-25-37(32-20-22-44-28(2)24-32)41-42-39(36)34(29-11-5-3-6-12-29)16-9-15-33(26-45)47(42)38-18-10-17-35(40(38)46-41)30-13-7-4-8-14-30/h3-26,45H,1-2H3/b15-9?,33-26-,34-16?. The van der Waals surface area contributed by atoms with E-state index in [-0.39, 0.29) is 0 Å². The number of aromatic nitrogens is 2. The largest absolute Gasteiger partial charge is 0.515 e. The van der Waals surface area contributed by atoms with Gasteiger partial charge in [-0.1, -0.05) is 92.5 Å². The van der Waals surface area contributed by atoms with Gasteiger partial charge in [-0.25, -0.2) is 0 Å². The van der Waals surface area contributed by atoms with Crippen LogP contribution in [0.15, 0.2) is 144 Å². The number of fused-ring (bicyclic) bond motifs is 2. The summed E-state index contributed by atoms with van der Waals surface area (Å²) in [5.74, 6) is 0. The number of aliphatic hydroxyl groups is 1. The molecule has 1 unspecified atom stereocenters. The number of rotatable bonds is 4. The van der Waals surface area contributed by atoms with Crippen LogP contribution in [-0.2, 0) is 0 Å². The van der Waals surface area contributed by atoms with Crippen LogP contribution in [0.1, 0.15) is 11.4 Å². The molecule has 0 saturated carbocycles. The average Bonchev–Trinajstić information content (AvgIpc) is 3.10. The van der Waals surface area contributed by atoms with E-state index in [9.17, 15) is 5.11 Å². The summed E-state index contributed by atoms with van der Waals surface area (Å²) in [6, 6.07) is 44.2. The van der Waals surface area contributed by atoms with Crippen molar-refractivity contribution in [1.82, 2.24) is 9.97 Å². The Balaban J connectivity index is 1.69. The molecule has 0 fully saturated rings. The lowest BCUT2D eigenvalue weighted by molar-refractivity contribution is 0.541. The van der Waals surface area contributed by atoms with Gasteiger partial charge in [0.1, 0.15) is 11.2 Å². The van der Waals surface area contributed by atoms with E-state index < -0.39 is 7.53 Å². The fourth-order valence-corrected chi connectivity index (χ4v) is 9.18. The van der Waals surface area contributed by atoms with Crippen LogP contribution < -0.4 is 4.95 Å². The molecule has 4 heterocycles. The van der Waals surface area contributed by atoms with Gasteiger partial charge in [-0.3, -0.25) is 9.97 Å². The molecule has 5 heteroatoms. The zero-order valence-electron chi connectivity index (χ0n) is 26.1. The van der Waals surface area contributed by atoms with E-state index in [2.05, 4.69) is 119 Å². The highest BCUT2D eigenvalue weighted by Crippen LogP contribution is 2.56. The van der Waals surface area contributed by atoms with Crippen LogP contribution in [0, 0.1) is 13.8 Å². The highest BCUT2D eigenvalue weighted by molar-refractivity contribution is 7.62. The fraction of sp³-hybridized carbons (Fsp3) is 0.0476. The minimum atomic E-state index is -1.27. The summed E-state index contributed by atoms with van der Waals surface area (Å²) in [7, 11) is -1.27. The summed E-state index contributed by atoms with van der Waals surface area (Å²) in [5.41, 5.74) is 11.9. The van der Waals surface area contributed by atoms with E-state index in [1.54, 1.807) is 0 Å². The van der Waals surface area contributed by atoms with Crippen LogP contribution in [-0.4, -0.2) is 15.1 Å². The Morgan fingerprint density at radius 3 is 1.79 bits per heavy atom. The van der Waals surface area contributed by atoms with Crippen LogP contribution in [0.2, 0.25) is 0 Å². The van der Waals surface area contributed by atoms with Gasteiger partial charge in [-0.05, 0) is 89.7 Å². The van der Waals surface area contributed by atoms with Crippen molar-refractivity contribution >= 4 is 35.5 Å². The molecule has 0 radical (unpaired) electrons. The number of nitrogens with zero attached hydrogens (tertiary/aromatic N) is 2. The number of hydrogen-bond acceptors (Lipinski definition) is 4. The normalized spacial score (nSPS) is 12.2. The molecule has 47 heavy (non-hydrogen) atoms. The lowest BCUT2D eigenvalue weighted by Gasteiger charge is -2.23. The Labute approximate surface area is 274 Å². The molecule has 2 aliphatic rings. The first-order valence-electron chi connectivity index (χ1n) is 15.6. The van der Waals surface area contributed by atoms with Crippen molar-refractivity contribution in [3.8, 4) is 49.8 Å². The summed E-state index contributed by atoms with van der Waals surface area (Å²) in [6.45, 7) is 4.04. The maximum atomic E-state index is 10.9. The smallest absolute Gasteiger partial charge is 0.147 e. The maximum Gasteiger partial charge on any atom is 0.147 e. The van der Waals surface area contributed by atoms with Gasteiger partial charge >= 0.3 is 0 Å². The number of hydrogen-bond donors (Lipinski definition) is 1. The fourth-order valence-electron chi connectivity index (χ4n) is 6.61. The number of para-hydroxylation sites is 1. The second kappa shape index (κ2) is 11.9. The minimum Gasteiger partial charge on any atom is -0.515 e. The lowest BCUT2D eigenvalue weighted by atomic mass is 9.91. The summed E-state index contributed by atoms with van der Waals surface area (Å²) >= 11 is 0.